The van der Waals surface area contributed by atoms with Crippen molar-refractivity contribution >= 4 is 74.4 Å². The van der Waals surface area contributed by atoms with Crippen molar-refractivity contribution in [3.63, 3.8) is 0 Å². The summed E-state index contributed by atoms with van der Waals surface area (Å²) in [7, 11) is 3.42. The fourth-order valence-electron chi connectivity index (χ4n) is 8.63. The molecule has 3 amide bonds. The average Bonchev–Trinajstić information content (AvgIpc) is 3.56. The number of piperidine rings is 2. The Kier molecular flexibility index (Phi) is 11.6. The monoisotopic (exact) mass is 838 g/mol. The van der Waals surface area contributed by atoms with Gasteiger partial charge in [0.1, 0.15) is 10.7 Å². The van der Waals surface area contributed by atoms with Crippen molar-refractivity contribution in [1.82, 2.24) is 44.8 Å². The summed E-state index contributed by atoms with van der Waals surface area (Å²) in [5.74, 6) is 0.399. The molecule has 5 aromatic rings. The number of halogens is 1. The minimum Gasteiger partial charge on any atom is -0.478 e. The van der Waals surface area contributed by atoms with Gasteiger partial charge in [-0.1, -0.05) is 11.6 Å². The summed E-state index contributed by atoms with van der Waals surface area (Å²) in [5.41, 5.74) is 3.60. The van der Waals surface area contributed by atoms with Crippen molar-refractivity contribution < 1.29 is 19.1 Å². The molecule has 17 nitrogen and oxygen atoms in total. The molecule has 0 bridgehead atoms. The molecule has 4 aromatic heterocycles. The van der Waals surface area contributed by atoms with E-state index in [1.165, 1.54) is 7.05 Å². The standard InChI is InChI=1S/C42H51ClN12O5/c1-24(2)55-39-27(17-34(41(55)59)60-23-36(57)44-4)16-28(19-45-39)47-38-32(43)20-46-42(49-38)52-12-10-26(11-13-52)22-53-14-15-54(21-25(53)3)29-6-7-30-33(18-29)51(5)50-37(30)31-8-9-35(56)48-40(31)58/h6-7,16-20,24-26,31H,8-15,21-23H2,1-5H3,(H,44,57)(H,46,47,49)(H,48,56,58). The topological polar surface area (TPSA) is 185 Å². The zero-order valence-corrected chi connectivity index (χ0v) is 35.3. The molecule has 1 aromatic carbocycles. The molecular formula is C42H51ClN12O5. The zero-order valence-electron chi connectivity index (χ0n) is 34.6. The van der Waals surface area contributed by atoms with Gasteiger partial charge in [0.05, 0.1) is 35.2 Å². The molecule has 60 heavy (non-hydrogen) atoms. The summed E-state index contributed by atoms with van der Waals surface area (Å²) in [6.45, 7) is 11.3. The number of pyridine rings is 2. The van der Waals surface area contributed by atoms with E-state index in [1.807, 2.05) is 31.6 Å². The third-order valence-electron chi connectivity index (χ3n) is 11.9. The van der Waals surface area contributed by atoms with Gasteiger partial charge in [0.25, 0.3) is 11.5 Å². The van der Waals surface area contributed by atoms with Gasteiger partial charge >= 0.3 is 0 Å². The predicted molar refractivity (Wildman–Crippen MR) is 230 cm³/mol. The Morgan fingerprint density at radius 1 is 1.02 bits per heavy atom. The summed E-state index contributed by atoms with van der Waals surface area (Å²) in [6.07, 6.45) is 6.08. The van der Waals surface area contributed by atoms with Gasteiger partial charge in [0, 0.05) is 88.3 Å². The van der Waals surface area contributed by atoms with E-state index in [-0.39, 0.29) is 41.7 Å². The van der Waals surface area contributed by atoms with E-state index in [0.29, 0.717) is 58.3 Å². The third-order valence-corrected chi connectivity index (χ3v) is 12.2. The fourth-order valence-corrected chi connectivity index (χ4v) is 8.77. The number of aryl methyl sites for hydroxylation is 1. The van der Waals surface area contributed by atoms with Crippen LogP contribution in [0.5, 0.6) is 5.75 Å². The van der Waals surface area contributed by atoms with Crippen LogP contribution in [-0.2, 0) is 21.4 Å². The van der Waals surface area contributed by atoms with Crippen molar-refractivity contribution in [3.05, 3.63) is 63.8 Å². The van der Waals surface area contributed by atoms with Crippen LogP contribution in [0.2, 0.25) is 5.02 Å². The number of aromatic nitrogens is 6. The number of imide groups is 1. The Labute approximate surface area is 352 Å². The molecule has 18 heteroatoms. The highest BCUT2D eigenvalue weighted by molar-refractivity contribution is 6.33. The predicted octanol–water partition coefficient (Wildman–Crippen LogP) is 4.12. The smallest absolute Gasteiger partial charge is 0.294 e. The van der Waals surface area contributed by atoms with Gasteiger partial charge < -0.3 is 25.2 Å². The van der Waals surface area contributed by atoms with E-state index in [4.69, 9.17) is 26.4 Å². The Hall–Kier alpha value is -5.81. The van der Waals surface area contributed by atoms with Crippen molar-refractivity contribution in [2.75, 3.05) is 68.0 Å². The molecule has 2 unspecified atom stereocenters. The molecule has 3 aliphatic rings. The van der Waals surface area contributed by atoms with Crippen molar-refractivity contribution in [3.8, 4) is 5.75 Å². The van der Waals surface area contributed by atoms with Gasteiger partial charge in [-0.3, -0.25) is 38.6 Å². The van der Waals surface area contributed by atoms with Crippen LogP contribution in [0.25, 0.3) is 21.9 Å². The van der Waals surface area contributed by atoms with E-state index < -0.39 is 5.92 Å². The maximum Gasteiger partial charge on any atom is 0.294 e. The number of rotatable bonds is 11. The second-order valence-electron chi connectivity index (χ2n) is 16.3. The number of hydrogen-bond acceptors (Lipinski definition) is 13. The van der Waals surface area contributed by atoms with Crippen LogP contribution in [0.15, 0.2) is 47.5 Å². The molecule has 8 rings (SSSR count). The number of ether oxygens (including phenoxy) is 1. The quantitative estimate of drug-likeness (QED) is 0.162. The first-order valence-electron chi connectivity index (χ1n) is 20.6. The number of amides is 3. The molecule has 7 heterocycles. The number of nitrogens with zero attached hydrogens (tertiary/aromatic N) is 9. The highest BCUT2D eigenvalue weighted by Crippen LogP contribution is 2.34. The minimum absolute atomic E-state index is 0.0600. The summed E-state index contributed by atoms with van der Waals surface area (Å²) >= 11 is 6.60. The van der Waals surface area contributed by atoms with Crippen LogP contribution in [0.4, 0.5) is 23.1 Å². The number of carbonyl (C=O) groups excluding carboxylic acids is 3. The van der Waals surface area contributed by atoms with Crippen molar-refractivity contribution in [1.29, 1.82) is 0 Å². The molecule has 3 N–H and O–H groups in total. The first kappa shape index (κ1) is 40.9. The lowest BCUT2D eigenvalue weighted by molar-refractivity contribution is -0.134. The van der Waals surface area contributed by atoms with E-state index in [9.17, 15) is 19.2 Å². The molecule has 3 aliphatic heterocycles. The largest absolute Gasteiger partial charge is 0.478 e. The molecule has 3 saturated heterocycles. The number of benzene rings is 1. The van der Waals surface area contributed by atoms with Gasteiger partial charge in [-0.15, -0.1) is 0 Å². The maximum absolute atomic E-state index is 13.2. The molecule has 0 radical (unpaired) electrons. The number of piperazine rings is 1. The first-order chi connectivity index (χ1) is 28.9. The molecule has 2 atom stereocenters. The van der Waals surface area contributed by atoms with Gasteiger partial charge in [-0.05, 0) is 76.3 Å². The number of anilines is 4. The second-order valence-corrected chi connectivity index (χ2v) is 16.7. The van der Waals surface area contributed by atoms with E-state index >= 15 is 0 Å². The normalized spacial score (nSPS) is 19.3. The van der Waals surface area contributed by atoms with Crippen LogP contribution in [0.3, 0.4) is 0 Å². The second kappa shape index (κ2) is 17.0. The van der Waals surface area contributed by atoms with E-state index in [1.54, 1.807) is 23.0 Å². The lowest BCUT2D eigenvalue weighted by Gasteiger charge is -2.43. The third kappa shape index (κ3) is 8.32. The van der Waals surface area contributed by atoms with E-state index in [0.717, 1.165) is 74.4 Å². The minimum atomic E-state index is -0.421. The first-order valence-corrected chi connectivity index (χ1v) is 21.0. The Morgan fingerprint density at radius 3 is 2.55 bits per heavy atom. The highest BCUT2D eigenvalue weighted by Gasteiger charge is 2.33. The number of carbonyl (C=O) groups is 3. The molecule has 0 aliphatic carbocycles. The zero-order chi connectivity index (χ0) is 42.2. The van der Waals surface area contributed by atoms with Gasteiger partial charge in [-0.2, -0.15) is 10.1 Å². The molecular weight excluding hydrogens is 788 g/mol. The van der Waals surface area contributed by atoms with Crippen molar-refractivity contribution in [2.45, 2.75) is 64.5 Å². The summed E-state index contributed by atoms with van der Waals surface area (Å²) in [4.78, 5) is 70.6. The molecule has 0 spiro atoms. The van der Waals surface area contributed by atoms with Crippen molar-refractivity contribution in [2.24, 2.45) is 13.0 Å². The van der Waals surface area contributed by atoms with Gasteiger partial charge in [-0.25, -0.2) is 9.97 Å². The molecule has 316 valence electrons. The Balaban J connectivity index is 0.876. The van der Waals surface area contributed by atoms with Crippen LogP contribution >= 0.6 is 11.6 Å². The number of nitrogens with one attached hydrogen (secondary N) is 3. The summed E-state index contributed by atoms with van der Waals surface area (Å²) in [5, 5.41) is 14.9. The summed E-state index contributed by atoms with van der Waals surface area (Å²) < 4.78 is 8.99. The number of likely N-dealkylation sites (N-methyl/N-ethyl adjacent to an activating group) is 1. The molecule has 0 saturated carbocycles. The van der Waals surface area contributed by atoms with Crippen LogP contribution in [0, 0.1) is 5.92 Å². The Bertz CT molecular complexity index is 2510. The fraction of sp³-hybridized carbons (Fsp3) is 0.476. The van der Waals surface area contributed by atoms with Crippen LogP contribution in [-0.4, -0.2) is 111 Å². The highest BCUT2D eigenvalue weighted by atomic mass is 35.5. The lowest BCUT2D eigenvalue weighted by atomic mass is 9.92. The summed E-state index contributed by atoms with van der Waals surface area (Å²) in [6, 6.07) is 9.99. The van der Waals surface area contributed by atoms with Crippen LogP contribution in [0.1, 0.15) is 64.1 Å². The Morgan fingerprint density at radius 2 is 1.82 bits per heavy atom. The lowest BCUT2D eigenvalue weighted by Crippen LogP contribution is -2.53. The van der Waals surface area contributed by atoms with Crippen LogP contribution < -0.4 is 36.0 Å². The maximum atomic E-state index is 13.2. The van der Waals surface area contributed by atoms with Gasteiger partial charge in [0.2, 0.25) is 17.8 Å². The van der Waals surface area contributed by atoms with E-state index in [2.05, 4.69) is 65.7 Å². The SMILES string of the molecule is CNC(=O)COc1cc2cc(Nc3nc(N4CCC(CN5CCN(c6ccc7c(C8CCC(=O)NC8=O)nn(C)c7c6)CC5C)CC4)ncc3Cl)cnc2n(C(C)C)c1=O. The molecule has 3 fully saturated rings. The van der Waals surface area contributed by atoms with Gasteiger partial charge in [0.15, 0.2) is 18.2 Å². The number of fused-ring (bicyclic) bond motifs is 2. The average molecular weight is 839 g/mol. The number of hydrogen-bond donors (Lipinski definition) is 3.